The molecule has 0 saturated heterocycles. The van der Waals surface area contributed by atoms with Crippen LogP contribution >= 0.6 is 11.5 Å². The Hall–Kier alpha value is -2.34. The molecule has 92 valence electrons. The first kappa shape index (κ1) is 12.1. The third kappa shape index (κ3) is 2.49. The smallest absolute Gasteiger partial charge is 0.249 e. The molecule has 18 heavy (non-hydrogen) atoms. The fourth-order valence-electron chi connectivity index (χ4n) is 1.34. The molecule has 8 nitrogen and oxygen atoms in total. The first-order chi connectivity index (χ1) is 8.72. The molecule has 0 aliphatic rings. The van der Waals surface area contributed by atoms with E-state index in [1.54, 1.807) is 11.6 Å². The second kappa shape index (κ2) is 5.33. The van der Waals surface area contributed by atoms with Crippen LogP contribution in [0.5, 0.6) is 0 Å². The van der Waals surface area contributed by atoms with E-state index in [-0.39, 0.29) is 0 Å². The average molecular weight is 262 g/mol. The minimum atomic E-state index is 0.346. The second-order valence-corrected chi connectivity index (χ2v) is 4.13. The van der Waals surface area contributed by atoms with Gasteiger partial charge in [0.05, 0.1) is 24.7 Å². The molecular weight excluding hydrogens is 252 g/mol. The summed E-state index contributed by atoms with van der Waals surface area (Å²) in [6.07, 6.45) is 1.75. The lowest BCUT2D eigenvalue weighted by atomic mass is 10.4. The highest BCUT2D eigenvalue weighted by Crippen LogP contribution is 2.28. The maximum absolute atomic E-state index is 8.54. The van der Waals surface area contributed by atoms with Crippen molar-refractivity contribution in [3.05, 3.63) is 12.0 Å². The molecule has 0 saturated carbocycles. The Morgan fingerprint density at radius 3 is 3.06 bits per heavy atom. The van der Waals surface area contributed by atoms with Crippen molar-refractivity contribution in [3.63, 3.8) is 0 Å². The molecule has 0 atom stereocenters. The molecule has 0 radical (unpaired) electrons. The highest BCUT2D eigenvalue weighted by atomic mass is 32.1. The van der Waals surface area contributed by atoms with Crippen molar-refractivity contribution in [2.24, 2.45) is 10.2 Å². The number of anilines is 1. The summed E-state index contributed by atoms with van der Waals surface area (Å²) in [4.78, 5) is 3.88. The molecular formula is C9H10N8S. The lowest BCUT2D eigenvalue weighted by Crippen LogP contribution is -2.04. The summed E-state index contributed by atoms with van der Waals surface area (Å²) in [7, 11) is 0. The van der Waals surface area contributed by atoms with Gasteiger partial charge in [-0.15, -0.1) is 10.2 Å². The van der Waals surface area contributed by atoms with Crippen LogP contribution in [0.25, 0.3) is 0 Å². The number of nitrogen functional groups attached to an aromatic ring is 1. The quantitative estimate of drug-likeness (QED) is 0.844. The fourth-order valence-corrected chi connectivity index (χ4v) is 1.70. The van der Waals surface area contributed by atoms with Gasteiger partial charge >= 0.3 is 0 Å². The molecule has 2 aromatic rings. The van der Waals surface area contributed by atoms with Gasteiger partial charge in [-0.25, -0.2) is 9.67 Å². The van der Waals surface area contributed by atoms with Crippen LogP contribution in [0.15, 0.2) is 16.6 Å². The Balaban J connectivity index is 2.23. The molecule has 0 aliphatic carbocycles. The zero-order valence-electron chi connectivity index (χ0n) is 9.61. The van der Waals surface area contributed by atoms with Crippen molar-refractivity contribution in [1.29, 1.82) is 5.26 Å². The molecule has 0 unspecified atom stereocenters. The van der Waals surface area contributed by atoms with E-state index >= 15 is 0 Å². The normalized spacial score (nSPS) is 10.9. The molecule has 2 aromatic heterocycles. The molecule has 2 N–H and O–H groups in total. The van der Waals surface area contributed by atoms with Gasteiger partial charge in [0.25, 0.3) is 0 Å². The van der Waals surface area contributed by atoms with E-state index in [0.717, 1.165) is 11.5 Å². The highest BCUT2D eigenvalue weighted by molar-refractivity contribution is 7.09. The number of aryl methyl sites for hydroxylation is 2. The van der Waals surface area contributed by atoms with Crippen LogP contribution in [0, 0.1) is 18.3 Å². The molecule has 0 aromatic carbocycles. The van der Waals surface area contributed by atoms with E-state index < -0.39 is 0 Å². The zero-order chi connectivity index (χ0) is 13.0. The van der Waals surface area contributed by atoms with Crippen molar-refractivity contribution in [2.45, 2.75) is 19.9 Å². The number of nitrogens with two attached hydrogens (primary N) is 1. The Morgan fingerprint density at radius 1 is 1.56 bits per heavy atom. The third-order valence-electron chi connectivity index (χ3n) is 2.15. The summed E-state index contributed by atoms with van der Waals surface area (Å²) in [6, 6.07) is 2.04. The highest BCUT2D eigenvalue weighted by Gasteiger charge is 2.11. The predicted octanol–water partition coefficient (Wildman–Crippen LogP) is 1.95. The largest absolute Gasteiger partial charge is 0.382 e. The Labute approximate surface area is 107 Å². The van der Waals surface area contributed by atoms with E-state index in [0.29, 0.717) is 35.3 Å². The van der Waals surface area contributed by atoms with E-state index in [2.05, 4.69) is 24.7 Å². The average Bonchev–Trinajstić information content (AvgIpc) is 2.95. The molecule has 2 rings (SSSR count). The summed E-state index contributed by atoms with van der Waals surface area (Å²) in [5.41, 5.74) is 7.06. The summed E-state index contributed by atoms with van der Waals surface area (Å²) in [5, 5.41) is 21.1. The van der Waals surface area contributed by atoms with Crippen LogP contribution in [-0.2, 0) is 6.54 Å². The van der Waals surface area contributed by atoms with Crippen LogP contribution < -0.4 is 5.73 Å². The van der Waals surface area contributed by atoms with Crippen LogP contribution in [0.2, 0.25) is 0 Å². The molecule has 0 spiro atoms. The first-order valence-electron chi connectivity index (χ1n) is 5.10. The maximum atomic E-state index is 8.54. The first-order valence-corrected chi connectivity index (χ1v) is 5.88. The van der Waals surface area contributed by atoms with E-state index in [1.807, 2.05) is 6.07 Å². The Kier molecular flexibility index (Phi) is 3.59. The SMILES string of the molecule is Cc1nn(CCC#N)c(N)c1N=Nc1ncns1. The van der Waals surface area contributed by atoms with Gasteiger partial charge in [-0.05, 0) is 6.92 Å². The van der Waals surface area contributed by atoms with Crippen molar-refractivity contribution >= 4 is 28.2 Å². The van der Waals surface area contributed by atoms with Gasteiger partial charge in [-0.1, -0.05) is 0 Å². The fraction of sp³-hybridized carbons (Fsp3) is 0.333. The van der Waals surface area contributed by atoms with Crippen molar-refractivity contribution in [3.8, 4) is 6.07 Å². The van der Waals surface area contributed by atoms with Gasteiger partial charge in [0.15, 0.2) is 5.69 Å². The van der Waals surface area contributed by atoms with Crippen LogP contribution in [0.3, 0.4) is 0 Å². The Bertz CT molecular complexity index is 591. The minimum absolute atomic E-state index is 0.346. The van der Waals surface area contributed by atoms with E-state index in [9.17, 15) is 0 Å². The molecule has 0 amide bonds. The molecule has 2 heterocycles. The molecule has 0 bridgehead atoms. The zero-order valence-corrected chi connectivity index (χ0v) is 10.4. The van der Waals surface area contributed by atoms with E-state index in [4.69, 9.17) is 11.0 Å². The van der Waals surface area contributed by atoms with Gasteiger partial charge < -0.3 is 5.73 Å². The van der Waals surface area contributed by atoms with Gasteiger partial charge in [-0.2, -0.15) is 14.7 Å². The number of azo groups is 1. The van der Waals surface area contributed by atoms with Crippen molar-refractivity contribution in [2.75, 3.05) is 5.73 Å². The summed E-state index contributed by atoms with van der Waals surface area (Å²) >= 11 is 1.14. The van der Waals surface area contributed by atoms with Crippen molar-refractivity contribution < 1.29 is 0 Å². The van der Waals surface area contributed by atoms with Crippen LogP contribution in [-0.4, -0.2) is 19.1 Å². The number of hydrogen-bond donors (Lipinski definition) is 1. The van der Waals surface area contributed by atoms with Crippen LogP contribution in [0.1, 0.15) is 12.1 Å². The van der Waals surface area contributed by atoms with Gasteiger partial charge in [-0.3, -0.25) is 0 Å². The second-order valence-electron chi connectivity index (χ2n) is 3.37. The van der Waals surface area contributed by atoms with E-state index in [1.165, 1.54) is 6.33 Å². The third-order valence-corrected chi connectivity index (χ3v) is 2.70. The number of rotatable bonds is 4. The lowest BCUT2D eigenvalue weighted by Gasteiger charge is -1.98. The molecule has 0 aliphatic heterocycles. The van der Waals surface area contributed by atoms with Gasteiger partial charge in [0, 0.05) is 11.5 Å². The van der Waals surface area contributed by atoms with Crippen molar-refractivity contribution in [1.82, 2.24) is 19.1 Å². The van der Waals surface area contributed by atoms with Crippen LogP contribution in [0.4, 0.5) is 16.6 Å². The molecule has 0 fully saturated rings. The topological polar surface area (TPSA) is 118 Å². The monoisotopic (exact) mass is 262 g/mol. The summed E-state index contributed by atoms with van der Waals surface area (Å²) in [6.45, 7) is 2.23. The lowest BCUT2D eigenvalue weighted by molar-refractivity contribution is 0.631. The summed E-state index contributed by atoms with van der Waals surface area (Å²) in [5.74, 6) is 0.399. The number of hydrogen-bond acceptors (Lipinski definition) is 8. The molecule has 9 heteroatoms. The summed E-state index contributed by atoms with van der Waals surface area (Å²) < 4.78 is 5.36. The predicted molar refractivity (Wildman–Crippen MR) is 65.7 cm³/mol. The number of aromatic nitrogens is 4. The number of nitriles is 1. The van der Waals surface area contributed by atoms with Gasteiger partial charge in [0.2, 0.25) is 5.13 Å². The van der Waals surface area contributed by atoms with Gasteiger partial charge in [0.1, 0.15) is 12.1 Å². The number of nitrogens with zero attached hydrogens (tertiary/aromatic N) is 7. The Morgan fingerprint density at radius 2 is 2.39 bits per heavy atom. The minimum Gasteiger partial charge on any atom is -0.382 e. The maximum Gasteiger partial charge on any atom is 0.249 e. The standard InChI is InChI=1S/C9H10N8S/c1-6-7(14-15-9-12-5-13-18-9)8(11)17(16-6)4-2-3-10/h5H,2,4,11H2,1H3.